The zero-order chi connectivity index (χ0) is 16.5. The first-order valence-corrected chi connectivity index (χ1v) is 7.53. The summed E-state index contributed by atoms with van der Waals surface area (Å²) in [5, 5.41) is 9.15. The summed E-state index contributed by atoms with van der Waals surface area (Å²) in [7, 11) is 0.00395. The van der Waals surface area contributed by atoms with Crippen LogP contribution in [0.5, 0.6) is 0 Å². The van der Waals surface area contributed by atoms with E-state index in [0.29, 0.717) is 17.6 Å². The number of hydrogen-bond acceptors (Lipinski definition) is 6. The van der Waals surface area contributed by atoms with E-state index in [1.165, 1.54) is 23.6 Å². The van der Waals surface area contributed by atoms with Crippen molar-refractivity contribution in [2.75, 3.05) is 23.9 Å². The summed E-state index contributed by atoms with van der Waals surface area (Å²) in [6, 6.07) is 0. The van der Waals surface area contributed by atoms with Crippen molar-refractivity contribution >= 4 is 28.4 Å². The average Bonchev–Trinajstić information content (AvgIpc) is 2.79. The second-order valence-corrected chi connectivity index (χ2v) is 5.50. The van der Waals surface area contributed by atoms with Gasteiger partial charge in [0.2, 0.25) is 5.95 Å². The third kappa shape index (κ3) is 3.35. The first-order chi connectivity index (χ1) is 10.2. The highest BCUT2D eigenvalue weighted by Crippen LogP contribution is 2.33. The van der Waals surface area contributed by atoms with E-state index in [1.807, 2.05) is 0 Å². The fourth-order valence-electron chi connectivity index (χ4n) is 1.65. The Morgan fingerprint density at radius 1 is 1.36 bits per heavy atom. The van der Waals surface area contributed by atoms with Crippen LogP contribution in [0.25, 0.3) is 0 Å². The number of anilines is 3. The third-order valence-corrected chi connectivity index (χ3v) is 3.43. The molecule has 11 heteroatoms. The van der Waals surface area contributed by atoms with Crippen LogP contribution in [0.15, 0.2) is 12.4 Å². The van der Waals surface area contributed by atoms with Crippen LogP contribution in [0.4, 0.5) is 30.6 Å². The van der Waals surface area contributed by atoms with Crippen molar-refractivity contribution in [1.82, 2.24) is 19.2 Å². The lowest BCUT2D eigenvalue weighted by Crippen LogP contribution is -2.12. The molecule has 0 aliphatic rings. The lowest BCUT2D eigenvalue weighted by molar-refractivity contribution is -0.137. The van der Waals surface area contributed by atoms with Gasteiger partial charge in [0.05, 0.1) is 17.6 Å². The van der Waals surface area contributed by atoms with Crippen LogP contribution in [-0.2, 0) is 17.2 Å². The van der Waals surface area contributed by atoms with Gasteiger partial charge in [-0.1, -0.05) is 0 Å². The van der Waals surface area contributed by atoms with Gasteiger partial charge in [0.15, 0.2) is 0 Å². The van der Waals surface area contributed by atoms with Gasteiger partial charge in [-0.3, -0.25) is 0 Å². The highest BCUT2D eigenvalue weighted by atomic mass is 32.2. The van der Waals surface area contributed by atoms with Crippen molar-refractivity contribution in [3.05, 3.63) is 23.7 Å². The molecule has 0 aromatic carbocycles. The summed E-state index contributed by atoms with van der Waals surface area (Å²) in [5.74, 6) is -0.365. The second-order valence-electron chi connectivity index (χ2n) is 4.28. The van der Waals surface area contributed by atoms with Crippen LogP contribution >= 0.6 is 0 Å². The molecule has 0 amide bonds. The molecule has 1 unspecified atom stereocenters. The highest BCUT2D eigenvalue weighted by molar-refractivity contribution is 7.82. The maximum absolute atomic E-state index is 12.8. The molecule has 0 aliphatic heterocycles. The van der Waals surface area contributed by atoms with Crippen molar-refractivity contribution < 1.29 is 17.4 Å². The minimum absolute atomic E-state index is 0.0260. The number of alkyl halides is 3. The van der Waals surface area contributed by atoms with Crippen molar-refractivity contribution in [3.8, 4) is 0 Å². The number of aromatic nitrogens is 4. The Morgan fingerprint density at radius 2 is 2.05 bits per heavy atom. The Bertz CT molecular complexity index is 714. The first-order valence-electron chi connectivity index (χ1n) is 6.01. The molecular formula is C11H13F3N6OS. The molecule has 120 valence electrons. The van der Waals surface area contributed by atoms with Crippen molar-refractivity contribution in [1.29, 1.82) is 0 Å². The van der Waals surface area contributed by atoms with E-state index < -0.39 is 22.7 Å². The van der Waals surface area contributed by atoms with Gasteiger partial charge in [0.25, 0.3) is 0 Å². The number of hydrogen-bond donors (Lipinski definition) is 2. The number of halogens is 3. The molecule has 2 heterocycles. The van der Waals surface area contributed by atoms with Gasteiger partial charge in [-0.05, 0) is 6.92 Å². The minimum atomic E-state index is -4.54. The smallest absolute Gasteiger partial charge is 0.372 e. The fraction of sp³-hybridized carbons (Fsp3) is 0.364. The lowest BCUT2D eigenvalue weighted by Gasteiger charge is -2.12. The number of rotatable bonds is 4. The van der Waals surface area contributed by atoms with E-state index in [4.69, 9.17) is 0 Å². The second kappa shape index (κ2) is 5.91. The summed E-state index contributed by atoms with van der Waals surface area (Å²) in [5.41, 5.74) is 0.0179. The summed E-state index contributed by atoms with van der Waals surface area (Å²) < 4.78 is 50.8. The summed E-state index contributed by atoms with van der Waals surface area (Å²) in [6.07, 6.45) is -0.939. The van der Waals surface area contributed by atoms with E-state index >= 15 is 0 Å². The van der Waals surface area contributed by atoms with Gasteiger partial charge in [-0.15, -0.1) is 0 Å². The zero-order valence-electron chi connectivity index (χ0n) is 11.9. The number of nitrogens with zero attached hydrogens (tertiary/aromatic N) is 4. The molecule has 0 fully saturated rings. The molecule has 0 aliphatic carbocycles. The largest absolute Gasteiger partial charge is 0.421 e. The Morgan fingerprint density at radius 3 is 2.55 bits per heavy atom. The van der Waals surface area contributed by atoms with Gasteiger partial charge in [0, 0.05) is 19.5 Å². The van der Waals surface area contributed by atoms with Gasteiger partial charge < -0.3 is 10.6 Å². The number of aryl methyl sites for hydroxylation is 1. The predicted octanol–water partition coefficient (Wildman–Crippen LogP) is 1.93. The topological polar surface area (TPSA) is 84.7 Å². The minimum Gasteiger partial charge on any atom is -0.372 e. The van der Waals surface area contributed by atoms with Crippen molar-refractivity contribution in [2.45, 2.75) is 13.1 Å². The molecule has 7 nitrogen and oxygen atoms in total. The van der Waals surface area contributed by atoms with Crippen molar-refractivity contribution in [3.63, 3.8) is 0 Å². The Labute approximate surface area is 126 Å². The zero-order valence-corrected chi connectivity index (χ0v) is 12.7. The molecule has 2 aromatic rings. The van der Waals surface area contributed by atoms with Crippen LogP contribution in [0.3, 0.4) is 0 Å². The third-order valence-electron chi connectivity index (χ3n) is 2.72. The van der Waals surface area contributed by atoms with E-state index in [2.05, 4.69) is 25.7 Å². The number of nitrogens with one attached hydrogen (secondary N) is 2. The molecule has 0 radical (unpaired) electrons. The molecule has 22 heavy (non-hydrogen) atoms. The lowest BCUT2D eigenvalue weighted by atomic mass is 10.3. The standard InChI is InChI=1S/C11H13F3N6OS/c1-6-8(5-20(19-6)22(3)21)17-10-16-4-7(11(12,13)14)9(15-2)18-10/h4-5H,1-3H3,(H2,15,16,17,18). The Balaban J connectivity index is 2.33. The molecular weight excluding hydrogens is 321 g/mol. The van der Waals surface area contributed by atoms with E-state index in [-0.39, 0.29) is 11.8 Å². The summed E-state index contributed by atoms with van der Waals surface area (Å²) in [6.45, 7) is 1.66. The first kappa shape index (κ1) is 16.2. The average molecular weight is 334 g/mol. The molecule has 0 spiro atoms. The molecule has 2 aromatic heterocycles. The SMILES string of the molecule is CNc1nc(Nc2cn(S(C)=O)nc2C)ncc1C(F)(F)F. The maximum Gasteiger partial charge on any atom is 0.421 e. The summed E-state index contributed by atoms with van der Waals surface area (Å²) in [4.78, 5) is 7.43. The monoisotopic (exact) mass is 334 g/mol. The van der Waals surface area contributed by atoms with Gasteiger partial charge in [-0.2, -0.15) is 27.3 Å². The molecule has 2 rings (SSSR count). The predicted molar refractivity (Wildman–Crippen MR) is 76.3 cm³/mol. The molecule has 1 atom stereocenters. The van der Waals surface area contributed by atoms with Crippen LogP contribution in [-0.4, -0.2) is 36.7 Å². The summed E-state index contributed by atoms with van der Waals surface area (Å²) >= 11 is 0. The van der Waals surface area contributed by atoms with Gasteiger partial charge in [-0.25, -0.2) is 9.19 Å². The van der Waals surface area contributed by atoms with E-state index in [0.717, 1.165) is 0 Å². The molecule has 0 saturated heterocycles. The van der Waals surface area contributed by atoms with E-state index in [9.17, 15) is 17.4 Å². The van der Waals surface area contributed by atoms with Crippen molar-refractivity contribution in [2.24, 2.45) is 0 Å². The normalized spacial score (nSPS) is 13.0. The van der Waals surface area contributed by atoms with Crippen LogP contribution in [0.2, 0.25) is 0 Å². The van der Waals surface area contributed by atoms with Gasteiger partial charge >= 0.3 is 6.18 Å². The molecule has 0 saturated carbocycles. The molecule has 2 N–H and O–H groups in total. The quantitative estimate of drug-likeness (QED) is 0.889. The van der Waals surface area contributed by atoms with Crippen LogP contribution < -0.4 is 10.6 Å². The fourth-order valence-corrected chi connectivity index (χ4v) is 2.14. The van der Waals surface area contributed by atoms with Crippen LogP contribution in [0.1, 0.15) is 11.3 Å². The molecule has 0 bridgehead atoms. The maximum atomic E-state index is 12.8. The van der Waals surface area contributed by atoms with E-state index in [1.54, 1.807) is 6.92 Å². The van der Waals surface area contributed by atoms with Crippen LogP contribution in [0, 0.1) is 6.92 Å². The van der Waals surface area contributed by atoms with Gasteiger partial charge in [0.1, 0.15) is 22.4 Å². The Hall–Kier alpha value is -2.17. The highest BCUT2D eigenvalue weighted by Gasteiger charge is 2.35. The Kier molecular flexibility index (Phi) is 4.35.